The second-order valence-corrected chi connectivity index (χ2v) is 13.6. The minimum atomic E-state index is -0.686. The molecule has 2 fully saturated rings. The highest BCUT2D eigenvalue weighted by molar-refractivity contribution is 6.30. The highest BCUT2D eigenvalue weighted by atomic mass is 35.5. The van der Waals surface area contributed by atoms with Crippen LogP contribution in [0.25, 0.3) is 0 Å². The SMILES string of the molecule is Cc1nc(C2CCN(C(=O)OC(C)(C)C)CC2)cc(NC(=O)OC(C)(C)C)c1OC(C)c1c(N2CCOCC2)ccnc1Cl. The molecule has 2 aliphatic rings. The van der Waals surface area contributed by atoms with Crippen LogP contribution in [0, 0.1) is 6.92 Å². The number of nitrogens with one attached hydrogen (secondary N) is 1. The van der Waals surface area contributed by atoms with Crippen LogP contribution in [0.4, 0.5) is 21.0 Å². The van der Waals surface area contributed by atoms with Gasteiger partial charge in [0.25, 0.3) is 0 Å². The average Bonchev–Trinajstić information content (AvgIpc) is 2.93. The predicted molar refractivity (Wildman–Crippen MR) is 170 cm³/mol. The fourth-order valence-corrected chi connectivity index (χ4v) is 5.67. The Labute approximate surface area is 265 Å². The lowest BCUT2D eigenvalue weighted by molar-refractivity contribution is 0.0203. The van der Waals surface area contributed by atoms with Gasteiger partial charge in [0.05, 0.1) is 30.2 Å². The third kappa shape index (κ3) is 8.88. The number of hydrogen-bond acceptors (Lipinski definition) is 9. The van der Waals surface area contributed by atoms with Crippen LogP contribution in [0.3, 0.4) is 0 Å². The van der Waals surface area contributed by atoms with Crippen molar-refractivity contribution in [3.05, 3.63) is 40.4 Å². The zero-order valence-electron chi connectivity index (χ0n) is 27.2. The molecule has 1 unspecified atom stereocenters. The van der Waals surface area contributed by atoms with Crippen LogP contribution in [-0.4, -0.2) is 77.6 Å². The largest absolute Gasteiger partial charge is 0.482 e. The smallest absolute Gasteiger partial charge is 0.412 e. The van der Waals surface area contributed by atoms with Crippen molar-refractivity contribution in [3.8, 4) is 5.75 Å². The first kappa shape index (κ1) is 33.6. The van der Waals surface area contributed by atoms with Crippen molar-refractivity contribution in [2.24, 2.45) is 0 Å². The standard InChI is InChI=1S/C32H46ClN5O6/c1-20-27(42-21(2)26-25(9-12-34-28(26)33)37-15-17-41-18-16-37)24(36-29(39)43-31(3,4)5)19-23(35-20)22-10-13-38(14-11-22)30(40)44-32(6,7)8/h9,12,19,21-22H,10-11,13-18H2,1-8H3,(H,35,36,39). The molecule has 0 radical (unpaired) electrons. The summed E-state index contributed by atoms with van der Waals surface area (Å²) in [7, 11) is 0. The number of halogens is 1. The summed E-state index contributed by atoms with van der Waals surface area (Å²) in [5, 5.41) is 3.25. The Hall–Kier alpha value is -3.31. The Balaban J connectivity index is 1.61. The molecule has 11 nitrogen and oxygen atoms in total. The summed E-state index contributed by atoms with van der Waals surface area (Å²) >= 11 is 6.65. The van der Waals surface area contributed by atoms with Gasteiger partial charge in [-0.15, -0.1) is 0 Å². The number of nitrogens with zero attached hydrogens (tertiary/aromatic N) is 4. The van der Waals surface area contributed by atoms with Crippen LogP contribution in [0.2, 0.25) is 5.15 Å². The minimum absolute atomic E-state index is 0.0822. The first-order valence-corrected chi connectivity index (χ1v) is 15.6. The fraction of sp³-hybridized carbons (Fsp3) is 0.625. The van der Waals surface area contributed by atoms with E-state index in [0.717, 1.165) is 30.0 Å². The first-order chi connectivity index (χ1) is 20.6. The van der Waals surface area contributed by atoms with Gasteiger partial charge >= 0.3 is 12.2 Å². The lowest BCUT2D eigenvalue weighted by Gasteiger charge is -2.34. The number of carbonyl (C=O) groups excluding carboxylic acids is 2. The third-order valence-electron chi connectivity index (χ3n) is 7.33. The summed E-state index contributed by atoms with van der Waals surface area (Å²) in [5.74, 6) is 0.505. The topological polar surface area (TPSA) is 115 Å². The van der Waals surface area contributed by atoms with Gasteiger partial charge in [-0.1, -0.05) is 11.6 Å². The van der Waals surface area contributed by atoms with Gasteiger partial charge in [-0.25, -0.2) is 14.6 Å². The highest BCUT2D eigenvalue weighted by Gasteiger charge is 2.30. The van der Waals surface area contributed by atoms with Crippen molar-refractivity contribution in [3.63, 3.8) is 0 Å². The van der Waals surface area contributed by atoms with Gasteiger partial charge in [0.15, 0.2) is 5.75 Å². The van der Waals surface area contributed by atoms with Crippen molar-refractivity contribution < 1.29 is 28.5 Å². The Kier molecular flexibility index (Phi) is 10.5. The monoisotopic (exact) mass is 631 g/mol. The molecular formula is C32H46ClN5O6. The van der Waals surface area contributed by atoms with Crippen molar-refractivity contribution >= 4 is 35.2 Å². The number of morpholine rings is 1. The first-order valence-electron chi connectivity index (χ1n) is 15.2. The van der Waals surface area contributed by atoms with E-state index in [4.69, 9.17) is 35.5 Å². The summed E-state index contributed by atoms with van der Waals surface area (Å²) in [4.78, 5) is 38.8. The summed E-state index contributed by atoms with van der Waals surface area (Å²) in [6.07, 6.45) is 1.69. The van der Waals surface area contributed by atoms with Crippen LogP contribution < -0.4 is 15.0 Å². The number of carbonyl (C=O) groups is 2. The highest BCUT2D eigenvalue weighted by Crippen LogP contribution is 2.40. The maximum Gasteiger partial charge on any atom is 0.412 e. The molecule has 12 heteroatoms. The molecule has 1 N–H and O–H groups in total. The lowest BCUT2D eigenvalue weighted by atomic mass is 9.92. The second-order valence-electron chi connectivity index (χ2n) is 13.3. The van der Waals surface area contributed by atoms with Crippen molar-refractivity contribution in [1.29, 1.82) is 0 Å². The van der Waals surface area contributed by atoms with E-state index in [1.165, 1.54) is 0 Å². The van der Waals surface area contributed by atoms with Crippen LogP contribution in [-0.2, 0) is 14.2 Å². The van der Waals surface area contributed by atoms with Gasteiger partial charge in [-0.05, 0) is 80.4 Å². The zero-order chi connectivity index (χ0) is 32.2. The lowest BCUT2D eigenvalue weighted by Crippen LogP contribution is -2.41. The summed E-state index contributed by atoms with van der Waals surface area (Å²) in [6, 6.07) is 3.78. The zero-order valence-corrected chi connectivity index (χ0v) is 27.9. The Morgan fingerprint density at radius 3 is 2.30 bits per heavy atom. The van der Waals surface area contributed by atoms with E-state index in [-0.39, 0.29) is 12.0 Å². The number of ether oxygens (including phenoxy) is 4. The summed E-state index contributed by atoms with van der Waals surface area (Å²) in [6.45, 7) is 18.6. The van der Waals surface area contributed by atoms with Crippen molar-refractivity contribution in [2.75, 3.05) is 49.6 Å². The number of anilines is 2. The van der Waals surface area contributed by atoms with E-state index >= 15 is 0 Å². The third-order valence-corrected chi connectivity index (χ3v) is 7.64. The molecule has 44 heavy (non-hydrogen) atoms. The fourth-order valence-electron chi connectivity index (χ4n) is 5.36. The van der Waals surface area contributed by atoms with E-state index in [9.17, 15) is 9.59 Å². The molecule has 4 rings (SSSR count). The number of pyridine rings is 2. The number of likely N-dealkylation sites (tertiary alicyclic amines) is 1. The van der Waals surface area contributed by atoms with Gasteiger partial charge in [-0.2, -0.15) is 0 Å². The molecular weight excluding hydrogens is 586 g/mol. The molecule has 2 aromatic rings. The van der Waals surface area contributed by atoms with Gasteiger partial charge in [0, 0.05) is 49.7 Å². The Morgan fingerprint density at radius 1 is 1.05 bits per heavy atom. The predicted octanol–water partition coefficient (Wildman–Crippen LogP) is 6.88. The number of piperidine rings is 1. The van der Waals surface area contributed by atoms with Crippen molar-refractivity contribution in [2.45, 2.75) is 91.5 Å². The minimum Gasteiger partial charge on any atom is -0.482 e. The molecule has 0 bridgehead atoms. The van der Waals surface area contributed by atoms with E-state index in [2.05, 4.69) is 15.2 Å². The van der Waals surface area contributed by atoms with Crippen LogP contribution in [0.1, 0.15) is 90.3 Å². The quantitative estimate of drug-likeness (QED) is 0.341. The molecule has 0 aromatic carbocycles. The molecule has 0 aliphatic carbocycles. The molecule has 2 aromatic heterocycles. The molecule has 2 saturated heterocycles. The molecule has 2 amide bonds. The second kappa shape index (κ2) is 13.8. The van der Waals surface area contributed by atoms with Crippen LogP contribution >= 0.6 is 11.6 Å². The van der Waals surface area contributed by atoms with E-state index in [1.54, 1.807) is 11.1 Å². The van der Waals surface area contributed by atoms with E-state index in [0.29, 0.717) is 61.4 Å². The Bertz CT molecular complexity index is 1330. The van der Waals surface area contributed by atoms with Gasteiger partial charge < -0.3 is 28.7 Å². The van der Waals surface area contributed by atoms with Crippen LogP contribution in [0.5, 0.6) is 5.75 Å². The van der Waals surface area contributed by atoms with Crippen LogP contribution in [0.15, 0.2) is 18.3 Å². The maximum atomic E-state index is 13.0. The maximum absolute atomic E-state index is 13.0. The van der Waals surface area contributed by atoms with Crippen molar-refractivity contribution in [1.82, 2.24) is 14.9 Å². The van der Waals surface area contributed by atoms with E-state index < -0.39 is 23.4 Å². The van der Waals surface area contributed by atoms with Gasteiger partial charge in [0.1, 0.15) is 22.5 Å². The molecule has 0 saturated carbocycles. The molecule has 4 heterocycles. The molecule has 1 atom stereocenters. The number of aryl methyl sites for hydroxylation is 1. The number of aromatic nitrogens is 2. The van der Waals surface area contributed by atoms with E-state index in [1.807, 2.05) is 67.5 Å². The normalized spacial score (nSPS) is 17.2. The number of rotatable bonds is 6. The molecule has 2 aliphatic heterocycles. The Morgan fingerprint density at radius 2 is 1.68 bits per heavy atom. The van der Waals surface area contributed by atoms with Gasteiger partial charge in [0.2, 0.25) is 0 Å². The number of amides is 2. The molecule has 0 spiro atoms. The number of hydrogen-bond donors (Lipinski definition) is 1. The molecule has 242 valence electrons. The summed E-state index contributed by atoms with van der Waals surface area (Å²) in [5.41, 5.74) is 2.32. The summed E-state index contributed by atoms with van der Waals surface area (Å²) < 4.78 is 23.2. The average molecular weight is 632 g/mol. The van der Waals surface area contributed by atoms with Gasteiger partial charge in [-0.3, -0.25) is 10.3 Å².